The Kier molecular flexibility index (Phi) is 5.77. The fraction of sp³-hybridized carbons (Fsp3) is 0.500. The fourth-order valence-electron chi connectivity index (χ4n) is 1.61. The van der Waals surface area contributed by atoms with E-state index in [9.17, 15) is 4.79 Å². The summed E-state index contributed by atoms with van der Waals surface area (Å²) in [6.45, 7) is 0.858. The Hall–Kier alpha value is -1.43. The molecule has 0 aliphatic rings. The lowest BCUT2D eigenvalue weighted by Crippen LogP contribution is -2.22. The van der Waals surface area contributed by atoms with Crippen LogP contribution in [0.5, 0.6) is 0 Å². The molecule has 1 aromatic rings. The topological polar surface area (TPSA) is 68.5 Å². The fourth-order valence-corrected chi connectivity index (χ4v) is 2.03. The average Bonchev–Trinajstić information content (AvgIpc) is 2.37. The Morgan fingerprint density at radius 1 is 1.61 bits per heavy atom. The van der Waals surface area contributed by atoms with E-state index in [0.29, 0.717) is 11.4 Å². The maximum atomic E-state index is 11.7. The zero-order valence-electron chi connectivity index (χ0n) is 11.0. The molecule has 1 heterocycles. The Morgan fingerprint density at radius 2 is 2.33 bits per heavy atom. The van der Waals surface area contributed by atoms with Crippen LogP contribution in [-0.2, 0) is 4.74 Å². The number of esters is 1. The molecule has 5 nitrogen and oxygen atoms in total. The number of aromatic nitrogens is 1. The Bertz CT molecular complexity index is 412. The van der Waals surface area contributed by atoms with Gasteiger partial charge in [-0.1, -0.05) is 0 Å². The van der Waals surface area contributed by atoms with E-state index in [-0.39, 0.29) is 0 Å². The van der Waals surface area contributed by atoms with Crippen molar-refractivity contribution in [2.75, 3.05) is 43.3 Å². The molecular weight excluding hydrogens is 250 g/mol. The molecule has 0 fully saturated rings. The minimum Gasteiger partial charge on any atom is -0.465 e. The standard InChI is InChI=1S/C12H19N3O2S/c1-15(5-4-6-18-3)10-8-14-11(13)7-9(10)12(16)17-2/h7-8H,4-6H2,1-3H3,(H2,13,14). The summed E-state index contributed by atoms with van der Waals surface area (Å²) in [6, 6.07) is 1.55. The van der Waals surface area contributed by atoms with Crippen molar-refractivity contribution in [1.29, 1.82) is 0 Å². The van der Waals surface area contributed by atoms with Crippen LogP contribution in [0.15, 0.2) is 12.3 Å². The largest absolute Gasteiger partial charge is 0.465 e. The lowest BCUT2D eigenvalue weighted by Gasteiger charge is -2.21. The number of methoxy groups -OCH3 is 1. The molecule has 0 saturated carbocycles. The zero-order chi connectivity index (χ0) is 13.5. The highest BCUT2D eigenvalue weighted by Gasteiger charge is 2.15. The Morgan fingerprint density at radius 3 is 2.94 bits per heavy atom. The number of ether oxygens (including phenoxy) is 1. The summed E-state index contributed by atoms with van der Waals surface area (Å²) in [6.07, 6.45) is 4.73. The van der Waals surface area contributed by atoms with Gasteiger partial charge in [0.25, 0.3) is 0 Å². The van der Waals surface area contributed by atoms with Gasteiger partial charge in [0.15, 0.2) is 0 Å². The average molecular weight is 269 g/mol. The van der Waals surface area contributed by atoms with E-state index in [4.69, 9.17) is 10.5 Å². The van der Waals surface area contributed by atoms with Crippen LogP contribution in [0.25, 0.3) is 0 Å². The summed E-state index contributed by atoms with van der Waals surface area (Å²) in [5.74, 6) is 1.01. The van der Waals surface area contributed by atoms with Crippen LogP contribution in [0.1, 0.15) is 16.8 Å². The maximum Gasteiger partial charge on any atom is 0.340 e. The molecule has 1 aromatic heterocycles. The van der Waals surface area contributed by atoms with Crippen molar-refractivity contribution in [1.82, 2.24) is 4.98 Å². The molecule has 0 spiro atoms. The molecule has 6 heteroatoms. The SMILES string of the molecule is COC(=O)c1cc(N)ncc1N(C)CCCSC. The summed E-state index contributed by atoms with van der Waals surface area (Å²) >= 11 is 1.80. The summed E-state index contributed by atoms with van der Waals surface area (Å²) in [7, 11) is 3.29. The van der Waals surface area contributed by atoms with Crippen molar-refractivity contribution >= 4 is 29.2 Å². The number of carbonyl (C=O) groups is 1. The first-order valence-electron chi connectivity index (χ1n) is 5.64. The number of anilines is 2. The van der Waals surface area contributed by atoms with E-state index in [2.05, 4.69) is 11.2 Å². The first-order valence-corrected chi connectivity index (χ1v) is 7.03. The normalized spacial score (nSPS) is 10.2. The molecule has 0 aliphatic carbocycles. The molecule has 0 atom stereocenters. The molecule has 0 radical (unpaired) electrons. The van der Waals surface area contributed by atoms with Gasteiger partial charge in [0.2, 0.25) is 0 Å². The van der Waals surface area contributed by atoms with E-state index >= 15 is 0 Å². The third kappa shape index (κ3) is 3.80. The van der Waals surface area contributed by atoms with Gasteiger partial charge in [0, 0.05) is 13.6 Å². The highest BCUT2D eigenvalue weighted by atomic mass is 32.2. The van der Waals surface area contributed by atoms with Crippen molar-refractivity contribution in [2.45, 2.75) is 6.42 Å². The summed E-state index contributed by atoms with van der Waals surface area (Å²) in [5.41, 5.74) is 6.80. The predicted molar refractivity (Wildman–Crippen MR) is 76.3 cm³/mol. The Balaban J connectivity index is 2.89. The quantitative estimate of drug-likeness (QED) is 0.625. The molecule has 0 unspecified atom stereocenters. The molecule has 0 amide bonds. The van der Waals surface area contributed by atoms with E-state index < -0.39 is 5.97 Å². The third-order valence-corrected chi connectivity index (χ3v) is 3.26. The molecule has 0 aromatic carbocycles. The number of nitrogens with zero attached hydrogens (tertiary/aromatic N) is 2. The molecule has 1 rings (SSSR count). The third-order valence-electron chi connectivity index (χ3n) is 2.56. The second-order valence-corrected chi connectivity index (χ2v) is 4.87. The van der Waals surface area contributed by atoms with Gasteiger partial charge in [0.05, 0.1) is 24.6 Å². The minimum atomic E-state index is -0.393. The van der Waals surface area contributed by atoms with Gasteiger partial charge in [-0.15, -0.1) is 0 Å². The summed E-state index contributed by atoms with van der Waals surface area (Å²) in [5, 5.41) is 0. The molecule has 18 heavy (non-hydrogen) atoms. The summed E-state index contributed by atoms with van der Waals surface area (Å²) < 4.78 is 4.75. The second-order valence-electron chi connectivity index (χ2n) is 3.89. The zero-order valence-corrected chi connectivity index (χ0v) is 11.8. The maximum absolute atomic E-state index is 11.7. The number of nitrogens with two attached hydrogens (primary N) is 1. The number of nitrogen functional groups attached to an aromatic ring is 1. The van der Waals surface area contributed by atoms with Crippen LogP contribution < -0.4 is 10.6 Å². The van der Waals surface area contributed by atoms with Gasteiger partial charge in [-0.3, -0.25) is 0 Å². The van der Waals surface area contributed by atoms with Gasteiger partial charge in [0.1, 0.15) is 5.82 Å². The van der Waals surface area contributed by atoms with Gasteiger partial charge < -0.3 is 15.4 Å². The van der Waals surface area contributed by atoms with E-state index in [1.807, 2.05) is 11.9 Å². The van der Waals surface area contributed by atoms with Gasteiger partial charge in [-0.05, 0) is 24.5 Å². The highest BCUT2D eigenvalue weighted by molar-refractivity contribution is 7.98. The molecule has 2 N–H and O–H groups in total. The number of pyridine rings is 1. The lowest BCUT2D eigenvalue weighted by atomic mass is 10.2. The minimum absolute atomic E-state index is 0.316. The van der Waals surface area contributed by atoms with Gasteiger partial charge in [-0.25, -0.2) is 9.78 Å². The molecule has 100 valence electrons. The van der Waals surface area contributed by atoms with E-state index in [0.717, 1.165) is 24.4 Å². The first-order chi connectivity index (χ1) is 8.60. The van der Waals surface area contributed by atoms with Crippen molar-refractivity contribution in [2.24, 2.45) is 0 Å². The van der Waals surface area contributed by atoms with Crippen LogP contribution in [0.4, 0.5) is 11.5 Å². The van der Waals surface area contributed by atoms with Crippen LogP contribution in [0, 0.1) is 0 Å². The second kappa shape index (κ2) is 7.10. The number of hydrogen-bond donors (Lipinski definition) is 1. The number of thioether (sulfide) groups is 1. The van der Waals surface area contributed by atoms with E-state index in [1.165, 1.54) is 7.11 Å². The molecular formula is C12H19N3O2S. The lowest BCUT2D eigenvalue weighted by molar-refractivity contribution is 0.0601. The molecule has 0 bridgehead atoms. The van der Waals surface area contributed by atoms with Crippen molar-refractivity contribution in [3.63, 3.8) is 0 Å². The van der Waals surface area contributed by atoms with Gasteiger partial charge in [-0.2, -0.15) is 11.8 Å². The monoisotopic (exact) mass is 269 g/mol. The van der Waals surface area contributed by atoms with Crippen LogP contribution in [0.2, 0.25) is 0 Å². The number of hydrogen-bond acceptors (Lipinski definition) is 6. The van der Waals surface area contributed by atoms with Crippen LogP contribution in [-0.4, -0.2) is 43.7 Å². The Labute approximate surface area is 112 Å². The van der Waals surface area contributed by atoms with Crippen molar-refractivity contribution < 1.29 is 9.53 Å². The smallest absolute Gasteiger partial charge is 0.340 e. The van der Waals surface area contributed by atoms with E-state index in [1.54, 1.807) is 24.0 Å². The van der Waals surface area contributed by atoms with Crippen LogP contribution >= 0.6 is 11.8 Å². The van der Waals surface area contributed by atoms with Crippen molar-refractivity contribution in [3.05, 3.63) is 17.8 Å². The molecule has 0 saturated heterocycles. The number of carbonyl (C=O) groups excluding carboxylic acids is 1. The summed E-state index contributed by atoms with van der Waals surface area (Å²) in [4.78, 5) is 17.7. The highest BCUT2D eigenvalue weighted by Crippen LogP contribution is 2.21. The van der Waals surface area contributed by atoms with Crippen molar-refractivity contribution in [3.8, 4) is 0 Å². The van der Waals surface area contributed by atoms with Crippen LogP contribution in [0.3, 0.4) is 0 Å². The molecule has 0 aliphatic heterocycles. The number of rotatable bonds is 6. The first kappa shape index (κ1) is 14.6. The van der Waals surface area contributed by atoms with Gasteiger partial charge >= 0.3 is 5.97 Å². The predicted octanol–water partition coefficient (Wildman–Crippen LogP) is 1.64.